The Morgan fingerprint density at radius 3 is 2.53 bits per heavy atom. The molecule has 2 rings (SSSR count). The number of hydrogen-bond donors (Lipinski definition) is 1. The van der Waals surface area contributed by atoms with Gasteiger partial charge in [0.05, 0.1) is 0 Å². The van der Waals surface area contributed by atoms with Gasteiger partial charge < -0.3 is 5.32 Å². The van der Waals surface area contributed by atoms with Crippen molar-refractivity contribution in [3.8, 4) is 0 Å². The lowest BCUT2D eigenvalue weighted by molar-refractivity contribution is 0.343. The Morgan fingerprint density at radius 1 is 1.18 bits per heavy atom. The topological polar surface area (TPSA) is 12.0 Å². The van der Waals surface area contributed by atoms with Gasteiger partial charge in [0.15, 0.2) is 0 Å². The van der Waals surface area contributed by atoms with Crippen molar-refractivity contribution in [1.82, 2.24) is 5.32 Å². The maximum absolute atomic E-state index is 13.6. The Hall–Kier alpha value is -0.960. The molecule has 94 valence electrons. The van der Waals surface area contributed by atoms with Crippen LogP contribution in [0.3, 0.4) is 0 Å². The van der Waals surface area contributed by atoms with E-state index in [1.807, 2.05) is 6.92 Å². The minimum Gasteiger partial charge on any atom is -0.307 e. The van der Waals surface area contributed by atoms with Crippen molar-refractivity contribution in [2.75, 3.05) is 0 Å². The van der Waals surface area contributed by atoms with E-state index < -0.39 is 11.6 Å². The molecule has 0 amide bonds. The number of hydrogen-bond acceptors (Lipinski definition) is 1. The van der Waals surface area contributed by atoms with Gasteiger partial charge in [-0.1, -0.05) is 25.3 Å². The van der Waals surface area contributed by atoms with Crippen molar-refractivity contribution in [3.63, 3.8) is 0 Å². The molecular formula is C14H19F2N. The molecule has 0 heterocycles. The van der Waals surface area contributed by atoms with Gasteiger partial charge in [0.1, 0.15) is 11.6 Å². The van der Waals surface area contributed by atoms with E-state index in [-0.39, 0.29) is 6.04 Å². The quantitative estimate of drug-likeness (QED) is 0.842. The van der Waals surface area contributed by atoms with Crippen molar-refractivity contribution >= 4 is 0 Å². The van der Waals surface area contributed by atoms with Crippen molar-refractivity contribution < 1.29 is 8.78 Å². The fraction of sp³-hybridized carbons (Fsp3) is 0.571. The second-order valence-electron chi connectivity index (χ2n) is 4.89. The molecule has 1 saturated carbocycles. The minimum atomic E-state index is -0.517. The molecular weight excluding hydrogens is 220 g/mol. The standard InChI is InChI=1S/C14H19F2N/c1-10(17-12-5-3-2-4-6-12)13-8-7-11(15)9-14(13)16/h7-10,12,17H,2-6H2,1H3. The van der Waals surface area contributed by atoms with Gasteiger partial charge in [-0.3, -0.25) is 0 Å². The summed E-state index contributed by atoms with van der Waals surface area (Å²) < 4.78 is 26.4. The molecule has 1 aromatic carbocycles. The Labute approximate surface area is 101 Å². The van der Waals surface area contributed by atoms with E-state index >= 15 is 0 Å². The van der Waals surface area contributed by atoms with Crippen LogP contribution in [0, 0.1) is 11.6 Å². The van der Waals surface area contributed by atoms with Crippen molar-refractivity contribution in [2.24, 2.45) is 0 Å². The summed E-state index contributed by atoms with van der Waals surface area (Å²) in [4.78, 5) is 0. The number of halogens is 2. The predicted octanol–water partition coefficient (Wildman–Crippen LogP) is 3.95. The van der Waals surface area contributed by atoms with Crippen LogP contribution in [0.15, 0.2) is 18.2 Å². The molecule has 1 unspecified atom stereocenters. The van der Waals surface area contributed by atoms with Gasteiger partial charge in [0.2, 0.25) is 0 Å². The van der Waals surface area contributed by atoms with Crippen LogP contribution in [-0.2, 0) is 0 Å². The average molecular weight is 239 g/mol. The summed E-state index contributed by atoms with van der Waals surface area (Å²) in [6.07, 6.45) is 6.12. The lowest BCUT2D eigenvalue weighted by Crippen LogP contribution is -2.33. The van der Waals surface area contributed by atoms with Crippen molar-refractivity contribution in [2.45, 2.75) is 51.1 Å². The van der Waals surface area contributed by atoms with Crippen LogP contribution in [-0.4, -0.2) is 6.04 Å². The highest BCUT2D eigenvalue weighted by atomic mass is 19.1. The van der Waals surface area contributed by atoms with E-state index in [2.05, 4.69) is 5.32 Å². The Kier molecular flexibility index (Phi) is 4.11. The van der Waals surface area contributed by atoms with E-state index in [1.165, 1.54) is 31.4 Å². The fourth-order valence-corrected chi connectivity index (χ4v) is 2.57. The summed E-state index contributed by atoms with van der Waals surface area (Å²) >= 11 is 0. The first-order valence-corrected chi connectivity index (χ1v) is 6.38. The maximum Gasteiger partial charge on any atom is 0.130 e. The first kappa shape index (κ1) is 12.5. The zero-order valence-corrected chi connectivity index (χ0v) is 10.2. The smallest absolute Gasteiger partial charge is 0.130 e. The van der Waals surface area contributed by atoms with Crippen molar-refractivity contribution in [3.05, 3.63) is 35.4 Å². The second-order valence-corrected chi connectivity index (χ2v) is 4.89. The molecule has 1 nitrogen and oxygen atoms in total. The van der Waals surface area contributed by atoms with Crippen LogP contribution in [0.25, 0.3) is 0 Å². The van der Waals surface area contributed by atoms with Crippen LogP contribution in [0.5, 0.6) is 0 Å². The van der Waals surface area contributed by atoms with Crippen LogP contribution >= 0.6 is 0 Å². The molecule has 1 aliphatic rings. The number of benzene rings is 1. The first-order chi connectivity index (χ1) is 8.16. The van der Waals surface area contributed by atoms with Crippen LogP contribution in [0.2, 0.25) is 0 Å². The zero-order valence-electron chi connectivity index (χ0n) is 10.2. The van der Waals surface area contributed by atoms with Gasteiger partial charge in [-0.15, -0.1) is 0 Å². The number of rotatable bonds is 3. The van der Waals surface area contributed by atoms with Crippen LogP contribution in [0.1, 0.15) is 50.6 Å². The highest BCUT2D eigenvalue weighted by Crippen LogP contribution is 2.23. The lowest BCUT2D eigenvalue weighted by atomic mass is 9.94. The Morgan fingerprint density at radius 2 is 1.88 bits per heavy atom. The normalized spacial score (nSPS) is 19.2. The molecule has 1 atom stereocenters. The molecule has 17 heavy (non-hydrogen) atoms. The molecule has 0 saturated heterocycles. The SMILES string of the molecule is CC(NC1CCCCC1)c1ccc(F)cc1F. The minimum absolute atomic E-state index is 0.0568. The van der Waals surface area contributed by atoms with E-state index in [0.29, 0.717) is 11.6 Å². The van der Waals surface area contributed by atoms with Crippen LogP contribution < -0.4 is 5.32 Å². The van der Waals surface area contributed by atoms with Gasteiger partial charge in [0, 0.05) is 23.7 Å². The Bertz CT molecular complexity index is 372. The predicted molar refractivity (Wildman–Crippen MR) is 64.8 cm³/mol. The van der Waals surface area contributed by atoms with Gasteiger partial charge in [0.25, 0.3) is 0 Å². The average Bonchev–Trinajstić information content (AvgIpc) is 2.30. The third-order valence-corrected chi connectivity index (χ3v) is 3.52. The van der Waals surface area contributed by atoms with E-state index in [4.69, 9.17) is 0 Å². The molecule has 1 N–H and O–H groups in total. The van der Waals surface area contributed by atoms with E-state index in [9.17, 15) is 8.78 Å². The largest absolute Gasteiger partial charge is 0.307 e. The molecule has 0 radical (unpaired) electrons. The van der Waals surface area contributed by atoms with Gasteiger partial charge >= 0.3 is 0 Å². The van der Waals surface area contributed by atoms with Gasteiger partial charge in [-0.2, -0.15) is 0 Å². The molecule has 0 aliphatic heterocycles. The molecule has 0 bridgehead atoms. The molecule has 0 spiro atoms. The molecule has 1 aliphatic carbocycles. The Balaban J connectivity index is 2.00. The third kappa shape index (κ3) is 3.25. The maximum atomic E-state index is 13.6. The van der Waals surface area contributed by atoms with E-state index in [1.54, 1.807) is 0 Å². The third-order valence-electron chi connectivity index (χ3n) is 3.52. The second kappa shape index (κ2) is 5.58. The fourth-order valence-electron chi connectivity index (χ4n) is 2.57. The highest BCUT2D eigenvalue weighted by molar-refractivity contribution is 5.21. The summed E-state index contributed by atoms with van der Waals surface area (Å²) in [5.74, 6) is -0.975. The zero-order chi connectivity index (χ0) is 12.3. The molecule has 3 heteroatoms. The number of nitrogens with one attached hydrogen (secondary N) is 1. The summed E-state index contributed by atoms with van der Waals surface area (Å²) in [7, 11) is 0. The summed E-state index contributed by atoms with van der Waals surface area (Å²) in [5, 5.41) is 3.43. The lowest BCUT2D eigenvalue weighted by Gasteiger charge is -2.27. The monoisotopic (exact) mass is 239 g/mol. The van der Waals surface area contributed by atoms with Gasteiger partial charge in [-0.25, -0.2) is 8.78 Å². The van der Waals surface area contributed by atoms with Crippen molar-refractivity contribution in [1.29, 1.82) is 0 Å². The molecule has 1 fully saturated rings. The first-order valence-electron chi connectivity index (χ1n) is 6.38. The molecule has 0 aromatic heterocycles. The van der Waals surface area contributed by atoms with E-state index in [0.717, 1.165) is 18.9 Å². The van der Waals surface area contributed by atoms with Gasteiger partial charge in [-0.05, 0) is 25.8 Å². The van der Waals surface area contributed by atoms with Crippen LogP contribution in [0.4, 0.5) is 8.78 Å². The summed E-state index contributed by atoms with van der Waals surface area (Å²) in [6.45, 7) is 1.94. The summed E-state index contributed by atoms with van der Waals surface area (Å²) in [5.41, 5.74) is 0.553. The molecule has 1 aromatic rings. The highest BCUT2D eigenvalue weighted by Gasteiger charge is 2.18. The summed E-state index contributed by atoms with van der Waals surface area (Å²) in [6, 6.07) is 4.22.